The lowest BCUT2D eigenvalue weighted by atomic mass is 9.83. The number of carbonyl (C=O) groups is 1. The summed E-state index contributed by atoms with van der Waals surface area (Å²) >= 11 is 0. The third-order valence-corrected chi connectivity index (χ3v) is 5.91. The van der Waals surface area contributed by atoms with Crippen molar-refractivity contribution >= 4 is 5.91 Å². The third-order valence-electron chi connectivity index (χ3n) is 5.91. The molecule has 2 aromatic carbocycles. The van der Waals surface area contributed by atoms with Crippen LogP contribution < -0.4 is 4.74 Å². The van der Waals surface area contributed by atoms with E-state index in [9.17, 15) is 4.79 Å². The molecule has 154 valence electrons. The predicted octanol–water partition coefficient (Wildman–Crippen LogP) is 3.82. The van der Waals surface area contributed by atoms with E-state index in [0.29, 0.717) is 19.7 Å². The first-order valence-electron chi connectivity index (χ1n) is 10.5. The van der Waals surface area contributed by atoms with Gasteiger partial charge in [0, 0.05) is 26.1 Å². The average molecular weight is 395 g/mol. The molecule has 1 spiro atoms. The normalized spacial score (nSPS) is 21.1. The Labute approximate surface area is 172 Å². The number of amides is 1. The van der Waals surface area contributed by atoms with E-state index in [4.69, 9.17) is 14.2 Å². The minimum Gasteiger partial charge on any atom is -0.484 e. The Kier molecular flexibility index (Phi) is 6.47. The zero-order chi connectivity index (χ0) is 19.9. The summed E-state index contributed by atoms with van der Waals surface area (Å²) in [4.78, 5) is 14.4. The fourth-order valence-electron chi connectivity index (χ4n) is 4.18. The van der Waals surface area contributed by atoms with E-state index in [1.54, 1.807) is 0 Å². The number of piperidine rings is 1. The van der Waals surface area contributed by atoms with Crippen molar-refractivity contribution in [2.75, 3.05) is 26.3 Å². The quantitative estimate of drug-likeness (QED) is 0.746. The molecule has 29 heavy (non-hydrogen) atoms. The summed E-state index contributed by atoms with van der Waals surface area (Å²) in [5.74, 6) is 0.764. The van der Waals surface area contributed by atoms with Gasteiger partial charge in [-0.3, -0.25) is 4.79 Å². The van der Waals surface area contributed by atoms with Crippen molar-refractivity contribution in [3.63, 3.8) is 0 Å². The summed E-state index contributed by atoms with van der Waals surface area (Å²) in [6.45, 7) is 2.87. The lowest BCUT2D eigenvalue weighted by molar-refractivity contribution is -0.163. The number of benzene rings is 2. The van der Waals surface area contributed by atoms with Crippen molar-refractivity contribution in [1.82, 2.24) is 4.90 Å². The molecule has 2 aromatic rings. The smallest absolute Gasteiger partial charge is 0.260 e. The van der Waals surface area contributed by atoms with E-state index in [2.05, 4.69) is 12.1 Å². The summed E-state index contributed by atoms with van der Waals surface area (Å²) in [5.41, 5.74) is 1.04. The van der Waals surface area contributed by atoms with Gasteiger partial charge in [-0.15, -0.1) is 0 Å². The van der Waals surface area contributed by atoms with Gasteiger partial charge in [0.2, 0.25) is 0 Å². The van der Waals surface area contributed by atoms with Gasteiger partial charge in [-0.25, -0.2) is 0 Å². The van der Waals surface area contributed by atoms with Crippen LogP contribution in [0.25, 0.3) is 0 Å². The number of rotatable bonds is 6. The third kappa shape index (κ3) is 5.37. The van der Waals surface area contributed by atoms with Crippen molar-refractivity contribution in [3.8, 4) is 5.75 Å². The van der Waals surface area contributed by atoms with Gasteiger partial charge in [0.25, 0.3) is 5.91 Å². The molecule has 2 aliphatic rings. The van der Waals surface area contributed by atoms with Crippen LogP contribution in [0.15, 0.2) is 60.7 Å². The van der Waals surface area contributed by atoms with Crippen molar-refractivity contribution in [3.05, 3.63) is 66.2 Å². The lowest BCUT2D eigenvalue weighted by Gasteiger charge is -2.46. The molecule has 5 nitrogen and oxygen atoms in total. The molecule has 1 atom stereocenters. The molecule has 2 fully saturated rings. The van der Waals surface area contributed by atoms with Crippen LogP contribution >= 0.6 is 0 Å². The molecular weight excluding hydrogens is 366 g/mol. The van der Waals surface area contributed by atoms with Crippen LogP contribution in [0.4, 0.5) is 0 Å². The number of carbonyl (C=O) groups excluding carboxylic acids is 1. The second kappa shape index (κ2) is 9.42. The summed E-state index contributed by atoms with van der Waals surface area (Å²) in [6.07, 6.45) is 3.77. The van der Waals surface area contributed by atoms with Crippen LogP contribution in [-0.4, -0.2) is 48.8 Å². The molecule has 0 radical (unpaired) electrons. The largest absolute Gasteiger partial charge is 0.484 e. The molecule has 0 aromatic heterocycles. The molecule has 0 bridgehead atoms. The number of hydrogen-bond donors (Lipinski definition) is 0. The van der Waals surface area contributed by atoms with Crippen molar-refractivity contribution < 1.29 is 19.0 Å². The van der Waals surface area contributed by atoms with E-state index in [1.807, 2.05) is 53.4 Å². The first-order chi connectivity index (χ1) is 14.2. The van der Waals surface area contributed by atoms with Crippen LogP contribution in [0.2, 0.25) is 0 Å². The summed E-state index contributed by atoms with van der Waals surface area (Å²) < 4.78 is 18.0. The van der Waals surface area contributed by atoms with Crippen molar-refractivity contribution in [2.24, 2.45) is 0 Å². The Hall–Kier alpha value is -2.37. The fraction of sp³-hybridized carbons (Fsp3) is 0.458. The van der Waals surface area contributed by atoms with Crippen LogP contribution in [-0.2, 0) is 20.9 Å². The number of nitrogens with zero attached hydrogens (tertiary/aromatic N) is 1. The standard InChI is InChI=1S/C24H29NO4/c26-23(19-28-21-9-5-2-6-10-21)25-14-12-24(13-15-25)17-22(11-16-29-24)27-18-20-7-3-1-4-8-20/h1-10,22H,11-19H2. The van der Waals surface area contributed by atoms with Crippen LogP contribution in [0, 0.1) is 0 Å². The Bertz CT molecular complexity index is 772. The highest BCUT2D eigenvalue weighted by Gasteiger charge is 2.41. The molecular formula is C24H29NO4. The zero-order valence-electron chi connectivity index (χ0n) is 16.8. The van der Waals surface area contributed by atoms with Gasteiger partial charge in [0.05, 0.1) is 18.3 Å². The van der Waals surface area contributed by atoms with Crippen LogP contribution in [0.1, 0.15) is 31.2 Å². The van der Waals surface area contributed by atoms with Gasteiger partial charge in [-0.05, 0) is 37.0 Å². The number of hydrogen-bond acceptors (Lipinski definition) is 4. The molecule has 1 unspecified atom stereocenters. The highest BCUT2D eigenvalue weighted by molar-refractivity contribution is 5.77. The summed E-state index contributed by atoms with van der Waals surface area (Å²) in [5, 5.41) is 0. The zero-order valence-corrected chi connectivity index (χ0v) is 16.8. The van der Waals surface area contributed by atoms with Gasteiger partial charge in [-0.1, -0.05) is 48.5 Å². The lowest BCUT2D eigenvalue weighted by Crippen LogP contribution is -2.52. The van der Waals surface area contributed by atoms with Gasteiger partial charge in [0.15, 0.2) is 6.61 Å². The minimum absolute atomic E-state index is 0.0383. The Morgan fingerprint density at radius 2 is 1.72 bits per heavy atom. The van der Waals surface area contributed by atoms with Gasteiger partial charge >= 0.3 is 0 Å². The summed E-state index contributed by atoms with van der Waals surface area (Å²) in [7, 11) is 0. The SMILES string of the molecule is O=C(COc1ccccc1)N1CCC2(CC1)CC(OCc1ccccc1)CCO2. The summed E-state index contributed by atoms with van der Waals surface area (Å²) in [6, 6.07) is 19.8. The molecule has 5 heteroatoms. The number of ether oxygens (including phenoxy) is 3. The molecule has 0 aliphatic carbocycles. The molecule has 0 saturated carbocycles. The molecule has 2 heterocycles. The predicted molar refractivity (Wildman–Crippen MR) is 111 cm³/mol. The minimum atomic E-state index is -0.156. The van der Waals surface area contributed by atoms with Gasteiger partial charge in [0.1, 0.15) is 5.75 Å². The second-order valence-electron chi connectivity index (χ2n) is 7.93. The average Bonchev–Trinajstić information content (AvgIpc) is 2.78. The molecule has 2 saturated heterocycles. The maximum atomic E-state index is 12.5. The molecule has 4 rings (SSSR count). The van der Waals surface area contributed by atoms with Gasteiger partial charge < -0.3 is 19.1 Å². The number of para-hydroxylation sites is 1. The Balaban J connectivity index is 1.23. The topological polar surface area (TPSA) is 48.0 Å². The van der Waals surface area contributed by atoms with E-state index in [1.165, 1.54) is 5.56 Å². The first kappa shape index (κ1) is 19.9. The van der Waals surface area contributed by atoms with E-state index in [0.717, 1.165) is 38.0 Å². The van der Waals surface area contributed by atoms with Crippen LogP contribution in [0.5, 0.6) is 5.75 Å². The molecule has 1 amide bonds. The van der Waals surface area contributed by atoms with Crippen molar-refractivity contribution in [1.29, 1.82) is 0 Å². The fourth-order valence-corrected chi connectivity index (χ4v) is 4.18. The molecule has 0 N–H and O–H groups in total. The number of likely N-dealkylation sites (tertiary alicyclic amines) is 1. The Morgan fingerprint density at radius 1 is 1.03 bits per heavy atom. The van der Waals surface area contributed by atoms with Crippen LogP contribution in [0.3, 0.4) is 0 Å². The maximum Gasteiger partial charge on any atom is 0.260 e. The van der Waals surface area contributed by atoms with E-state index >= 15 is 0 Å². The van der Waals surface area contributed by atoms with E-state index in [-0.39, 0.29) is 24.2 Å². The van der Waals surface area contributed by atoms with Crippen molar-refractivity contribution in [2.45, 2.75) is 44.0 Å². The Morgan fingerprint density at radius 3 is 2.45 bits per heavy atom. The highest BCUT2D eigenvalue weighted by atomic mass is 16.5. The molecule has 2 aliphatic heterocycles. The second-order valence-corrected chi connectivity index (χ2v) is 7.93. The first-order valence-corrected chi connectivity index (χ1v) is 10.5. The van der Waals surface area contributed by atoms with E-state index < -0.39 is 0 Å². The monoisotopic (exact) mass is 395 g/mol. The highest BCUT2D eigenvalue weighted by Crippen LogP contribution is 2.36. The van der Waals surface area contributed by atoms with Gasteiger partial charge in [-0.2, -0.15) is 0 Å². The maximum absolute atomic E-state index is 12.5.